The molecule has 138 valence electrons. The van der Waals surface area contributed by atoms with Crippen LogP contribution in [0, 0.1) is 0 Å². The van der Waals surface area contributed by atoms with Crippen LogP contribution in [-0.4, -0.2) is 17.9 Å². The van der Waals surface area contributed by atoms with Crippen LogP contribution in [0.4, 0.5) is 5.69 Å². The molecule has 0 radical (unpaired) electrons. The Labute approximate surface area is 171 Å². The van der Waals surface area contributed by atoms with Crippen LogP contribution in [0.25, 0.3) is 0 Å². The van der Waals surface area contributed by atoms with Crippen LogP contribution in [-0.2, 0) is 15.0 Å². The zero-order chi connectivity index (χ0) is 19.3. The van der Waals surface area contributed by atoms with E-state index in [2.05, 4.69) is 33.1 Å². The van der Waals surface area contributed by atoms with Crippen molar-refractivity contribution in [1.29, 1.82) is 0 Å². The van der Waals surface area contributed by atoms with Crippen molar-refractivity contribution >= 4 is 45.0 Å². The molecule has 1 fully saturated rings. The van der Waals surface area contributed by atoms with Gasteiger partial charge < -0.3 is 10.6 Å². The van der Waals surface area contributed by atoms with Gasteiger partial charge in [-0.2, -0.15) is 0 Å². The molecule has 2 heterocycles. The lowest BCUT2D eigenvalue weighted by molar-refractivity contribution is -0.130. The van der Waals surface area contributed by atoms with Crippen molar-refractivity contribution in [1.82, 2.24) is 5.32 Å². The number of hydrogen-bond donors (Lipinski definition) is 2. The predicted molar refractivity (Wildman–Crippen MR) is 110 cm³/mol. The van der Waals surface area contributed by atoms with E-state index < -0.39 is 11.5 Å². The molecule has 6 heteroatoms. The number of amides is 2. The first-order valence-electron chi connectivity index (χ1n) is 8.65. The lowest BCUT2D eigenvalue weighted by atomic mass is 9.59. The standard InChI is InChI=1S/C21H18BrClN2O2/c1-11(2)19-21(15-7-6-13(22)9-17(15)24-20(21)27)16(10-18(26)25-19)12-4-3-5-14(23)8-12/h3-9,16,19H,1,10H2,2H3,(H,24,27)(H,25,26). The van der Waals surface area contributed by atoms with Gasteiger partial charge in [0.25, 0.3) is 0 Å². The van der Waals surface area contributed by atoms with Gasteiger partial charge in [-0.05, 0) is 42.3 Å². The molecule has 3 atom stereocenters. The Balaban J connectivity index is 2.01. The minimum atomic E-state index is -0.972. The summed E-state index contributed by atoms with van der Waals surface area (Å²) in [6.45, 7) is 5.92. The van der Waals surface area contributed by atoms with Crippen molar-refractivity contribution in [3.8, 4) is 0 Å². The molecule has 2 aliphatic rings. The van der Waals surface area contributed by atoms with E-state index in [1.807, 2.05) is 43.3 Å². The molecule has 1 saturated heterocycles. The van der Waals surface area contributed by atoms with Crippen molar-refractivity contribution in [3.05, 3.63) is 75.2 Å². The average Bonchev–Trinajstić information content (AvgIpc) is 2.88. The summed E-state index contributed by atoms with van der Waals surface area (Å²) in [6, 6.07) is 12.7. The quantitative estimate of drug-likeness (QED) is 0.667. The number of benzene rings is 2. The Hall–Kier alpha value is -2.11. The average molecular weight is 446 g/mol. The Morgan fingerprint density at radius 3 is 2.74 bits per heavy atom. The van der Waals surface area contributed by atoms with E-state index in [1.165, 1.54) is 0 Å². The van der Waals surface area contributed by atoms with Crippen molar-refractivity contribution < 1.29 is 9.59 Å². The van der Waals surface area contributed by atoms with Gasteiger partial charge in [0.2, 0.25) is 11.8 Å². The minimum Gasteiger partial charge on any atom is -0.348 e. The number of carbonyl (C=O) groups is 2. The summed E-state index contributed by atoms with van der Waals surface area (Å²) in [7, 11) is 0. The number of anilines is 1. The smallest absolute Gasteiger partial charge is 0.238 e. The fourth-order valence-electron chi connectivity index (χ4n) is 4.46. The fourth-order valence-corrected chi connectivity index (χ4v) is 5.02. The van der Waals surface area contributed by atoms with Gasteiger partial charge in [0, 0.05) is 27.5 Å². The molecule has 0 saturated carbocycles. The minimum absolute atomic E-state index is 0.100. The fraction of sp³-hybridized carbons (Fsp3) is 0.238. The van der Waals surface area contributed by atoms with Crippen molar-refractivity contribution in [2.75, 3.05) is 5.32 Å². The molecule has 2 aliphatic heterocycles. The van der Waals surface area contributed by atoms with Crippen LogP contribution in [0.15, 0.2) is 59.1 Å². The molecule has 4 nitrogen and oxygen atoms in total. The summed E-state index contributed by atoms with van der Waals surface area (Å²) in [5.41, 5.74) is 2.26. The Kier molecular flexibility index (Phi) is 4.40. The van der Waals surface area contributed by atoms with Gasteiger partial charge in [0.1, 0.15) is 5.41 Å². The monoisotopic (exact) mass is 444 g/mol. The number of rotatable bonds is 2. The second-order valence-electron chi connectivity index (χ2n) is 7.17. The Morgan fingerprint density at radius 2 is 2.04 bits per heavy atom. The van der Waals surface area contributed by atoms with E-state index in [1.54, 1.807) is 6.07 Å². The number of piperidine rings is 1. The third kappa shape index (κ3) is 2.72. The maximum Gasteiger partial charge on any atom is 0.238 e. The van der Waals surface area contributed by atoms with Gasteiger partial charge in [-0.3, -0.25) is 9.59 Å². The highest BCUT2D eigenvalue weighted by atomic mass is 79.9. The molecular formula is C21H18BrClN2O2. The molecular weight excluding hydrogens is 428 g/mol. The summed E-state index contributed by atoms with van der Waals surface area (Å²) in [4.78, 5) is 26.0. The van der Waals surface area contributed by atoms with Crippen molar-refractivity contribution in [2.24, 2.45) is 0 Å². The lowest BCUT2D eigenvalue weighted by Crippen LogP contribution is -2.62. The van der Waals surface area contributed by atoms with Crippen molar-refractivity contribution in [3.63, 3.8) is 0 Å². The third-order valence-corrected chi connectivity index (χ3v) is 6.22. The highest BCUT2D eigenvalue weighted by Gasteiger charge is 2.60. The first-order valence-corrected chi connectivity index (χ1v) is 9.83. The van der Waals surface area contributed by atoms with Crippen LogP contribution in [0.5, 0.6) is 0 Å². The predicted octanol–water partition coefficient (Wildman–Crippen LogP) is 4.54. The molecule has 0 aromatic heterocycles. The van der Waals surface area contributed by atoms with Gasteiger partial charge in [-0.15, -0.1) is 0 Å². The molecule has 1 spiro atoms. The van der Waals surface area contributed by atoms with Gasteiger partial charge >= 0.3 is 0 Å². The largest absolute Gasteiger partial charge is 0.348 e. The normalized spacial score (nSPS) is 26.5. The summed E-state index contributed by atoms with van der Waals surface area (Å²) in [6.07, 6.45) is 0.201. The maximum absolute atomic E-state index is 13.5. The Morgan fingerprint density at radius 1 is 1.26 bits per heavy atom. The highest BCUT2D eigenvalue weighted by molar-refractivity contribution is 9.10. The van der Waals surface area contributed by atoms with Crippen LogP contribution < -0.4 is 10.6 Å². The van der Waals surface area contributed by atoms with Crippen LogP contribution >= 0.6 is 27.5 Å². The van der Waals surface area contributed by atoms with Gasteiger partial charge in [0.15, 0.2) is 0 Å². The summed E-state index contributed by atoms with van der Waals surface area (Å²) >= 11 is 9.69. The van der Waals surface area contributed by atoms with Gasteiger partial charge in [-0.1, -0.05) is 57.9 Å². The molecule has 4 rings (SSSR count). The van der Waals surface area contributed by atoms with Crippen molar-refractivity contribution in [2.45, 2.75) is 30.7 Å². The molecule has 2 aromatic carbocycles. The zero-order valence-corrected chi connectivity index (χ0v) is 17.0. The van der Waals surface area contributed by atoms with E-state index in [0.717, 1.165) is 26.9 Å². The van der Waals surface area contributed by atoms with E-state index in [-0.39, 0.29) is 24.2 Å². The zero-order valence-electron chi connectivity index (χ0n) is 14.7. The molecule has 0 aliphatic carbocycles. The maximum atomic E-state index is 13.5. The van der Waals surface area contributed by atoms with Gasteiger partial charge in [-0.25, -0.2) is 0 Å². The van der Waals surface area contributed by atoms with E-state index in [4.69, 9.17) is 11.6 Å². The third-order valence-electron chi connectivity index (χ3n) is 5.49. The summed E-state index contributed by atoms with van der Waals surface area (Å²) in [5, 5.41) is 6.60. The molecule has 2 amide bonds. The second-order valence-corrected chi connectivity index (χ2v) is 8.52. The number of hydrogen-bond acceptors (Lipinski definition) is 2. The first-order chi connectivity index (χ1) is 12.8. The molecule has 2 N–H and O–H groups in total. The number of nitrogens with one attached hydrogen (secondary N) is 2. The summed E-state index contributed by atoms with van der Waals surface area (Å²) in [5.74, 6) is -0.584. The molecule has 3 unspecified atom stereocenters. The summed E-state index contributed by atoms with van der Waals surface area (Å²) < 4.78 is 0.879. The Bertz CT molecular complexity index is 990. The lowest BCUT2D eigenvalue weighted by Gasteiger charge is -2.46. The topological polar surface area (TPSA) is 58.2 Å². The molecule has 2 aromatic rings. The van der Waals surface area contributed by atoms with Crippen LogP contribution in [0.2, 0.25) is 5.02 Å². The van der Waals surface area contributed by atoms with Crippen LogP contribution in [0.3, 0.4) is 0 Å². The second kappa shape index (κ2) is 6.50. The number of carbonyl (C=O) groups excluding carboxylic acids is 2. The number of halogens is 2. The number of fused-ring (bicyclic) bond motifs is 2. The molecule has 0 bridgehead atoms. The SMILES string of the molecule is C=C(C)C1NC(=O)CC(c2cccc(Cl)c2)C12C(=O)Nc1cc(Br)ccc12. The van der Waals surface area contributed by atoms with Gasteiger partial charge in [0.05, 0.1) is 6.04 Å². The van der Waals surface area contributed by atoms with E-state index in [0.29, 0.717) is 5.02 Å². The highest BCUT2D eigenvalue weighted by Crippen LogP contribution is 2.54. The van der Waals surface area contributed by atoms with E-state index in [9.17, 15) is 9.59 Å². The first kappa shape index (κ1) is 18.3. The van der Waals surface area contributed by atoms with E-state index >= 15 is 0 Å². The molecule has 27 heavy (non-hydrogen) atoms. The van der Waals surface area contributed by atoms with Crippen LogP contribution in [0.1, 0.15) is 30.4 Å².